The third-order valence-electron chi connectivity index (χ3n) is 6.16. The van der Waals surface area contributed by atoms with Gasteiger partial charge in [-0.05, 0) is 41.5 Å². The number of hydrogen-bond acceptors (Lipinski definition) is 6. The fraction of sp³-hybridized carbons (Fsp3) is 0.0741. The summed E-state index contributed by atoms with van der Waals surface area (Å²) in [4.78, 5) is 30.2. The molecule has 7 heteroatoms. The van der Waals surface area contributed by atoms with Crippen molar-refractivity contribution in [3.05, 3.63) is 99.5 Å². The van der Waals surface area contributed by atoms with Crippen molar-refractivity contribution in [1.82, 2.24) is 4.98 Å². The van der Waals surface area contributed by atoms with E-state index in [1.807, 2.05) is 30.3 Å². The van der Waals surface area contributed by atoms with Crippen molar-refractivity contribution in [3.8, 4) is 22.6 Å². The van der Waals surface area contributed by atoms with E-state index in [-0.39, 0.29) is 34.3 Å². The van der Waals surface area contributed by atoms with Crippen LogP contribution in [0.3, 0.4) is 0 Å². The number of phenolic OH excluding ortho intramolecular Hbond substituents is 1. The van der Waals surface area contributed by atoms with Crippen molar-refractivity contribution in [2.45, 2.75) is 12.3 Å². The minimum Gasteiger partial charge on any atom is -0.507 e. The molecule has 1 atom stereocenters. The van der Waals surface area contributed by atoms with Gasteiger partial charge in [0.15, 0.2) is 0 Å². The predicted molar refractivity (Wildman–Crippen MR) is 128 cm³/mol. The molecule has 1 aliphatic heterocycles. The second-order valence-electron chi connectivity index (χ2n) is 8.18. The number of aromatic hydroxyl groups is 1. The third-order valence-corrected chi connectivity index (χ3v) is 6.41. The van der Waals surface area contributed by atoms with Crippen molar-refractivity contribution in [2.24, 2.45) is 0 Å². The molecule has 5 aromatic rings. The van der Waals surface area contributed by atoms with Gasteiger partial charge >= 0.3 is 5.97 Å². The average Bonchev–Trinajstić information content (AvgIpc) is 2.84. The molecule has 3 heterocycles. The van der Waals surface area contributed by atoms with E-state index >= 15 is 0 Å². The number of nitrogens with zero attached hydrogens (tertiary/aromatic N) is 1. The first-order valence-corrected chi connectivity index (χ1v) is 11.0. The van der Waals surface area contributed by atoms with Crippen LogP contribution in [0.5, 0.6) is 11.5 Å². The lowest BCUT2D eigenvalue weighted by atomic mass is 9.84. The van der Waals surface area contributed by atoms with E-state index in [1.165, 1.54) is 12.3 Å². The van der Waals surface area contributed by atoms with E-state index in [9.17, 15) is 14.7 Å². The standard InChI is InChI=1S/C27H16ClNO5/c28-17-6-3-14(4-7-17)19-13-33-27-24-18(15-5-8-20-16(10-15)2-1-9-29-20)11-23(31)34-22(24)12-21(30)25(27)26(19)32/h1-10,12-13,18,30H,11H2. The Bertz CT molecular complexity index is 1670. The van der Waals surface area contributed by atoms with Crippen LogP contribution in [-0.2, 0) is 4.79 Å². The van der Waals surface area contributed by atoms with Crippen LogP contribution in [0.15, 0.2) is 82.3 Å². The lowest BCUT2D eigenvalue weighted by Gasteiger charge is -2.26. The summed E-state index contributed by atoms with van der Waals surface area (Å²) in [5.41, 5.74) is 2.95. The first kappa shape index (κ1) is 20.4. The van der Waals surface area contributed by atoms with E-state index < -0.39 is 11.9 Å². The van der Waals surface area contributed by atoms with Crippen LogP contribution in [0, 0.1) is 0 Å². The van der Waals surface area contributed by atoms with Gasteiger partial charge in [-0.2, -0.15) is 0 Å². The fourth-order valence-electron chi connectivity index (χ4n) is 4.56. The fourth-order valence-corrected chi connectivity index (χ4v) is 4.68. The normalized spacial score (nSPS) is 15.3. The monoisotopic (exact) mass is 469 g/mol. The van der Waals surface area contributed by atoms with E-state index in [2.05, 4.69) is 4.98 Å². The number of benzene rings is 3. The van der Waals surface area contributed by atoms with Crippen molar-refractivity contribution < 1.29 is 19.1 Å². The molecule has 0 bridgehead atoms. The highest BCUT2D eigenvalue weighted by molar-refractivity contribution is 6.30. The second kappa shape index (κ2) is 7.71. The molecule has 3 aromatic carbocycles. The second-order valence-corrected chi connectivity index (χ2v) is 8.62. The van der Waals surface area contributed by atoms with E-state index in [1.54, 1.807) is 30.5 Å². The Labute approximate surface area is 198 Å². The van der Waals surface area contributed by atoms with Gasteiger partial charge in [0.05, 0.1) is 17.5 Å². The molecule has 1 aliphatic rings. The van der Waals surface area contributed by atoms with Crippen molar-refractivity contribution in [2.75, 3.05) is 0 Å². The summed E-state index contributed by atoms with van der Waals surface area (Å²) in [6, 6.07) is 17.6. The minimum absolute atomic E-state index is 0.0385. The van der Waals surface area contributed by atoms with E-state index in [0.717, 1.165) is 16.5 Å². The van der Waals surface area contributed by atoms with Crippen molar-refractivity contribution >= 4 is 39.4 Å². The van der Waals surface area contributed by atoms with Gasteiger partial charge in [-0.15, -0.1) is 0 Å². The predicted octanol–water partition coefficient (Wildman–Crippen LogP) is 5.81. The highest BCUT2D eigenvalue weighted by Crippen LogP contribution is 2.46. The Balaban J connectivity index is 1.60. The number of hydrogen-bond donors (Lipinski definition) is 1. The van der Waals surface area contributed by atoms with Gasteiger partial charge in [0.25, 0.3) is 0 Å². The highest BCUT2D eigenvalue weighted by Gasteiger charge is 2.33. The number of ether oxygens (including phenoxy) is 1. The van der Waals surface area contributed by atoms with Gasteiger partial charge in [-0.1, -0.05) is 35.9 Å². The zero-order valence-electron chi connectivity index (χ0n) is 17.6. The van der Waals surface area contributed by atoms with Gasteiger partial charge in [-0.3, -0.25) is 14.6 Å². The molecule has 0 saturated carbocycles. The zero-order chi connectivity index (χ0) is 23.4. The molecule has 0 aliphatic carbocycles. The number of halogens is 1. The molecule has 1 unspecified atom stereocenters. The molecule has 0 spiro atoms. The first-order chi connectivity index (χ1) is 16.5. The summed E-state index contributed by atoms with van der Waals surface area (Å²) in [6.45, 7) is 0. The van der Waals surface area contributed by atoms with E-state index in [0.29, 0.717) is 21.7 Å². The molecule has 0 amide bonds. The quantitative estimate of drug-likeness (QED) is 0.259. The molecule has 0 saturated heterocycles. The zero-order valence-corrected chi connectivity index (χ0v) is 18.4. The van der Waals surface area contributed by atoms with Gasteiger partial charge in [0, 0.05) is 34.2 Å². The molecule has 0 radical (unpaired) electrons. The molecule has 6 nitrogen and oxygen atoms in total. The minimum atomic E-state index is -0.428. The van der Waals surface area contributed by atoms with Crippen LogP contribution in [0.2, 0.25) is 5.02 Å². The largest absolute Gasteiger partial charge is 0.507 e. The van der Waals surface area contributed by atoms with Gasteiger partial charge in [-0.25, -0.2) is 0 Å². The van der Waals surface area contributed by atoms with Crippen molar-refractivity contribution in [3.63, 3.8) is 0 Å². The van der Waals surface area contributed by atoms with Crippen LogP contribution >= 0.6 is 11.6 Å². The number of esters is 1. The summed E-state index contributed by atoms with van der Waals surface area (Å²) in [5, 5.41) is 12.2. The number of rotatable bonds is 2. The van der Waals surface area contributed by atoms with Gasteiger partial charge in [0.1, 0.15) is 28.7 Å². The Hall–Kier alpha value is -4.16. The summed E-state index contributed by atoms with van der Waals surface area (Å²) in [6.07, 6.45) is 3.16. The van der Waals surface area contributed by atoms with Gasteiger partial charge in [0.2, 0.25) is 5.43 Å². The molecule has 2 aromatic heterocycles. The topological polar surface area (TPSA) is 89.6 Å². The summed E-state index contributed by atoms with van der Waals surface area (Å²) in [7, 11) is 0. The first-order valence-electron chi connectivity index (χ1n) is 10.6. The molecular formula is C27H16ClNO5. The molecule has 166 valence electrons. The summed E-state index contributed by atoms with van der Waals surface area (Å²) >= 11 is 5.97. The Morgan fingerprint density at radius 3 is 2.68 bits per heavy atom. The molecule has 1 N–H and O–H groups in total. The Morgan fingerprint density at radius 1 is 1.03 bits per heavy atom. The Morgan fingerprint density at radius 2 is 1.85 bits per heavy atom. The maximum Gasteiger partial charge on any atom is 0.312 e. The maximum atomic E-state index is 13.4. The molecule has 6 rings (SSSR count). The van der Waals surface area contributed by atoms with Crippen LogP contribution in [0.1, 0.15) is 23.5 Å². The molecule has 34 heavy (non-hydrogen) atoms. The summed E-state index contributed by atoms with van der Waals surface area (Å²) < 4.78 is 11.4. The Kier molecular flexibility index (Phi) is 4.64. The van der Waals surface area contributed by atoms with Crippen LogP contribution in [0.25, 0.3) is 33.0 Å². The van der Waals surface area contributed by atoms with Crippen LogP contribution in [0.4, 0.5) is 0 Å². The van der Waals surface area contributed by atoms with E-state index in [4.69, 9.17) is 20.8 Å². The smallest absolute Gasteiger partial charge is 0.312 e. The number of phenols is 1. The molecular weight excluding hydrogens is 454 g/mol. The lowest BCUT2D eigenvalue weighted by Crippen LogP contribution is -2.22. The highest BCUT2D eigenvalue weighted by atomic mass is 35.5. The van der Waals surface area contributed by atoms with Crippen molar-refractivity contribution in [1.29, 1.82) is 0 Å². The van der Waals surface area contributed by atoms with Crippen LogP contribution in [-0.4, -0.2) is 16.1 Å². The third kappa shape index (κ3) is 3.23. The SMILES string of the molecule is O=C1CC(c2ccc3ncccc3c2)c2c(cc(O)c3c(=O)c(-c4ccc(Cl)cc4)coc23)O1. The molecule has 0 fully saturated rings. The number of carbonyl (C=O) groups excluding carboxylic acids is 1. The number of pyridine rings is 1. The number of fused-ring (bicyclic) bond motifs is 4. The van der Waals surface area contributed by atoms with Gasteiger partial charge < -0.3 is 14.3 Å². The number of carbonyl (C=O) groups is 1. The number of aromatic nitrogens is 1. The summed E-state index contributed by atoms with van der Waals surface area (Å²) in [5.74, 6) is -0.981. The lowest BCUT2D eigenvalue weighted by molar-refractivity contribution is -0.135. The average molecular weight is 470 g/mol. The van der Waals surface area contributed by atoms with Crippen LogP contribution < -0.4 is 10.2 Å². The maximum absolute atomic E-state index is 13.4.